The first-order chi connectivity index (χ1) is 12.0. The molecule has 1 amide bonds. The third-order valence-corrected chi connectivity index (χ3v) is 4.87. The lowest BCUT2D eigenvalue weighted by molar-refractivity contribution is -0.121. The molecule has 2 aromatic rings. The van der Waals surface area contributed by atoms with Gasteiger partial charge in [-0.3, -0.25) is 9.69 Å². The van der Waals surface area contributed by atoms with E-state index >= 15 is 0 Å². The van der Waals surface area contributed by atoms with Crippen molar-refractivity contribution in [2.75, 3.05) is 18.4 Å². The minimum atomic E-state index is -0.177. The number of halogens is 1. The largest absolute Gasteiger partial charge is 0.326 e. The fourth-order valence-corrected chi connectivity index (χ4v) is 3.47. The fourth-order valence-electron chi connectivity index (χ4n) is 3.47. The molecule has 1 unspecified atom stereocenters. The Morgan fingerprint density at radius 1 is 1.24 bits per heavy atom. The van der Waals surface area contributed by atoms with Crippen molar-refractivity contribution in [3.8, 4) is 0 Å². The summed E-state index contributed by atoms with van der Waals surface area (Å²) in [6.07, 6.45) is 1.84. The topological polar surface area (TPSA) is 32.3 Å². The maximum Gasteiger partial charge on any atom is 0.228 e. The van der Waals surface area contributed by atoms with E-state index in [4.69, 9.17) is 0 Å². The smallest absolute Gasteiger partial charge is 0.228 e. The van der Waals surface area contributed by atoms with Gasteiger partial charge in [0.25, 0.3) is 0 Å². The van der Waals surface area contributed by atoms with Crippen LogP contribution in [-0.4, -0.2) is 23.9 Å². The summed E-state index contributed by atoms with van der Waals surface area (Å²) in [4.78, 5) is 14.8. The number of aryl methyl sites for hydroxylation is 2. The highest BCUT2D eigenvalue weighted by molar-refractivity contribution is 5.93. The molecular weight excluding hydrogens is 315 g/mol. The fraction of sp³-hybridized carbons (Fsp3) is 0.381. The molecule has 4 heteroatoms. The first-order valence-electron chi connectivity index (χ1n) is 8.87. The summed E-state index contributed by atoms with van der Waals surface area (Å²) in [7, 11) is 0. The van der Waals surface area contributed by atoms with Gasteiger partial charge in [-0.1, -0.05) is 35.9 Å². The number of hydrogen-bond acceptors (Lipinski definition) is 2. The van der Waals surface area contributed by atoms with Crippen LogP contribution >= 0.6 is 0 Å². The highest BCUT2D eigenvalue weighted by atomic mass is 19.1. The molecule has 1 heterocycles. The van der Waals surface area contributed by atoms with Crippen LogP contribution in [0.25, 0.3) is 0 Å². The number of anilines is 1. The highest BCUT2D eigenvalue weighted by Gasteiger charge is 2.26. The Morgan fingerprint density at radius 2 is 2.04 bits per heavy atom. The normalized spacial score (nSPS) is 18.1. The molecule has 3 rings (SSSR count). The second-order valence-corrected chi connectivity index (χ2v) is 6.97. The van der Waals surface area contributed by atoms with Gasteiger partial charge in [0.2, 0.25) is 5.91 Å². The summed E-state index contributed by atoms with van der Waals surface area (Å²) in [5.41, 5.74) is 3.83. The quantitative estimate of drug-likeness (QED) is 0.900. The molecule has 0 bridgehead atoms. The van der Waals surface area contributed by atoms with E-state index in [0.717, 1.165) is 30.6 Å². The number of carbonyl (C=O) groups is 1. The van der Waals surface area contributed by atoms with Crippen molar-refractivity contribution in [3.63, 3.8) is 0 Å². The molecule has 1 saturated heterocycles. The lowest BCUT2D eigenvalue weighted by atomic mass is 9.96. The van der Waals surface area contributed by atoms with Crippen molar-refractivity contribution in [3.05, 3.63) is 65.0 Å². The molecule has 0 saturated carbocycles. The van der Waals surface area contributed by atoms with Crippen LogP contribution < -0.4 is 5.32 Å². The Kier molecular flexibility index (Phi) is 5.49. The Bertz CT molecular complexity index is 759. The van der Waals surface area contributed by atoms with E-state index in [1.54, 1.807) is 6.07 Å². The minimum absolute atomic E-state index is 0.0544. The van der Waals surface area contributed by atoms with Gasteiger partial charge in [-0.25, -0.2) is 4.39 Å². The average molecular weight is 340 g/mol. The van der Waals surface area contributed by atoms with E-state index in [1.807, 2.05) is 38.1 Å². The van der Waals surface area contributed by atoms with Gasteiger partial charge in [0.1, 0.15) is 5.82 Å². The number of nitrogens with zero attached hydrogens (tertiary/aromatic N) is 1. The SMILES string of the molecule is Cc1ccc(NC(=O)C2CCCN(Cc3ccccc3F)C2)c(C)c1. The summed E-state index contributed by atoms with van der Waals surface area (Å²) in [5, 5.41) is 3.06. The number of nitrogens with one attached hydrogen (secondary N) is 1. The van der Waals surface area contributed by atoms with Gasteiger partial charge >= 0.3 is 0 Å². The van der Waals surface area contributed by atoms with Crippen LogP contribution in [0.1, 0.15) is 29.5 Å². The first-order valence-corrected chi connectivity index (χ1v) is 8.87. The number of benzene rings is 2. The van der Waals surface area contributed by atoms with E-state index in [9.17, 15) is 9.18 Å². The maximum absolute atomic E-state index is 13.9. The van der Waals surface area contributed by atoms with Crippen LogP contribution in [0.5, 0.6) is 0 Å². The molecule has 0 radical (unpaired) electrons. The zero-order valence-corrected chi connectivity index (χ0v) is 14.9. The van der Waals surface area contributed by atoms with Gasteiger partial charge in [-0.15, -0.1) is 0 Å². The lowest BCUT2D eigenvalue weighted by Crippen LogP contribution is -2.40. The zero-order chi connectivity index (χ0) is 17.8. The molecule has 3 nitrogen and oxygen atoms in total. The molecule has 0 aliphatic carbocycles. The molecule has 1 fully saturated rings. The maximum atomic E-state index is 13.9. The van der Waals surface area contributed by atoms with Crippen molar-refractivity contribution >= 4 is 11.6 Å². The average Bonchev–Trinajstić information content (AvgIpc) is 2.60. The monoisotopic (exact) mass is 340 g/mol. The molecular formula is C21H25FN2O. The second kappa shape index (κ2) is 7.79. The predicted octanol–water partition coefficient (Wildman–Crippen LogP) is 4.29. The van der Waals surface area contributed by atoms with Gasteiger partial charge in [0.15, 0.2) is 0 Å². The number of likely N-dealkylation sites (tertiary alicyclic amines) is 1. The van der Waals surface area contributed by atoms with Crippen molar-refractivity contribution in [1.82, 2.24) is 4.90 Å². The van der Waals surface area contributed by atoms with E-state index in [-0.39, 0.29) is 17.6 Å². The van der Waals surface area contributed by atoms with Crippen LogP contribution in [0.4, 0.5) is 10.1 Å². The summed E-state index contributed by atoms with van der Waals surface area (Å²) in [6.45, 7) is 6.18. The Labute approximate surface area is 148 Å². The van der Waals surface area contributed by atoms with Gasteiger partial charge in [-0.2, -0.15) is 0 Å². The molecule has 0 spiro atoms. The Balaban J connectivity index is 1.62. The van der Waals surface area contributed by atoms with Crippen molar-refractivity contribution in [2.45, 2.75) is 33.2 Å². The summed E-state index contributed by atoms with van der Waals surface area (Å²) in [5.74, 6) is -0.171. The Hall–Kier alpha value is -2.20. The molecule has 0 aromatic heterocycles. The van der Waals surface area contributed by atoms with E-state index in [0.29, 0.717) is 18.7 Å². The summed E-state index contributed by atoms with van der Waals surface area (Å²) >= 11 is 0. The Morgan fingerprint density at radius 3 is 2.80 bits per heavy atom. The summed E-state index contributed by atoms with van der Waals surface area (Å²) in [6, 6.07) is 12.9. The number of amides is 1. The number of carbonyl (C=O) groups excluding carboxylic acids is 1. The standard InChI is InChI=1S/C21H25FN2O/c1-15-9-10-20(16(2)12-15)23-21(25)18-7-5-11-24(14-18)13-17-6-3-4-8-19(17)22/h3-4,6,8-10,12,18H,5,7,11,13-14H2,1-2H3,(H,23,25). The third-order valence-electron chi connectivity index (χ3n) is 4.87. The van der Waals surface area contributed by atoms with E-state index in [2.05, 4.69) is 16.3 Å². The molecule has 25 heavy (non-hydrogen) atoms. The van der Waals surface area contributed by atoms with Gasteiger partial charge < -0.3 is 5.32 Å². The van der Waals surface area contributed by atoms with Crippen LogP contribution in [0.15, 0.2) is 42.5 Å². The van der Waals surface area contributed by atoms with Crippen LogP contribution in [-0.2, 0) is 11.3 Å². The van der Waals surface area contributed by atoms with Crippen molar-refractivity contribution < 1.29 is 9.18 Å². The van der Waals surface area contributed by atoms with Crippen LogP contribution in [0.3, 0.4) is 0 Å². The highest BCUT2D eigenvalue weighted by Crippen LogP contribution is 2.23. The molecule has 1 aliphatic heterocycles. The van der Waals surface area contributed by atoms with Gasteiger partial charge in [0.05, 0.1) is 5.92 Å². The number of hydrogen-bond donors (Lipinski definition) is 1. The van der Waals surface area contributed by atoms with Crippen molar-refractivity contribution in [2.24, 2.45) is 5.92 Å². The third kappa shape index (κ3) is 4.45. The molecule has 2 aromatic carbocycles. The lowest BCUT2D eigenvalue weighted by Gasteiger charge is -2.32. The molecule has 1 atom stereocenters. The zero-order valence-electron chi connectivity index (χ0n) is 14.9. The van der Waals surface area contributed by atoms with Crippen molar-refractivity contribution in [1.29, 1.82) is 0 Å². The first kappa shape index (κ1) is 17.6. The number of rotatable bonds is 4. The van der Waals surface area contributed by atoms with Crippen LogP contribution in [0, 0.1) is 25.6 Å². The predicted molar refractivity (Wildman–Crippen MR) is 98.9 cm³/mol. The molecule has 132 valence electrons. The van der Waals surface area contributed by atoms with Crippen LogP contribution in [0.2, 0.25) is 0 Å². The summed E-state index contributed by atoms with van der Waals surface area (Å²) < 4.78 is 13.9. The second-order valence-electron chi connectivity index (χ2n) is 6.97. The minimum Gasteiger partial charge on any atom is -0.326 e. The van der Waals surface area contributed by atoms with Gasteiger partial charge in [-0.05, 0) is 50.9 Å². The molecule has 1 N–H and O–H groups in total. The van der Waals surface area contributed by atoms with Gasteiger partial charge in [0, 0.05) is 24.3 Å². The number of piperidine rings is 1. The van der Waals surface area contributed by atoms with E-state index in [1.165, 1.54) is 11.6 Å². The molecule has 1 aliphatic rings. The van der Waals surface area contributed by atoms with E-state index < -0.39 is 0 Å².